The van der Waals surface area contributed by atoms with E-state index in [-0.39, 0.29) is 0 Å². The van der Waals surface area contributed by atoms with Crippen molar-refractivity contribution in [1.29, 1.82) is 0 Å². The van der Waals surface area contributed by atoms with Crippen LogP contribution in [0.25, 0.3) is 10.7 Å². The van der Waals surface area contributed by atoms with Crippen LogP contribution in [0.3, 0.4) is 0 Å². The highest BCUT2D eigenvalue weighted by molar-refractivity contribution is 7.13. The Morgan fingerprint density at radius 3 is 3.00 bits per heavy atom. The van der Waals surface area contributed by atoms with E-state index in [1.54, 1.807) is 29.7 Å². The van der Waals surface area contributed by atoms with Crippen LogP contribution in [-0.2, 0) is 6.54 Å². The number of hydrogen-bond acceptors (Lipinski definition) is 4. The highest BCUT2D eigenvalue weighted by atomic mass is 35.5. The van der Waals surface area contributed by atoms with Gasteiger partial charge < -0.3 is 10.3 Å². The van der Waals surface area contributed by atoms with Crippen molar-refractivity contribution in [2.24, 2.45) is 0 Å². The topological polar surface area (TPSA) is 56.7 Å². The number of imidazole rings is 1. The van der Waals surface area contributed by atoms with Crippen LogP contribution in [0.1, 0.15) is 5.69 Å². The molecule has 0 unspecified atom stereocenters. The molecule has 0 fully saturated rings. The van der Waals surface area contributed by atoms with E-state index in [1.165, 1.54) is 0 Å². The summed E-state index contributed by atoms with van der Waals surface area (Å²) in [4.78, 5) is 9.76. The Hall–Kier alpha value is -1.85. The van der Waals surface area contributed by atoms with Gasteiger partial charge in [0, 0.05) is 12.4 Å². The lowest BCUT2D eigenvalue weighted by Crippen LogP contribution is -2.04. The van der Waals surface area contributed by atoms with Crippen molar-refractivity contribution < 1.29 is 0 Å². The molecule has 3 rings (SSSR count). The summed E-state index contributed by atoms with van der Waals surface area (Å²) in [6.07, 6.45) is 3.69. The van der Waals surface area contributed by atoms with Gasteiger partial charge in [-0.25, -0.2) is 9.97 Å². The van der Waals surface area contributed by atoms with E-state index in [0.717, 1.165) is 16.4 Å². The molecule has 19 heavy (non-hydrogen) atoms. The monoisotopic (exact) mass is 290 g/mol. The first-order chi connectivity index (χ1) is 9.24. The number of hydrogen-bond donors (Lipinski definition) is 1. The Morgan fingerprint density at radius 1 is 1.32 bits per heavy atom. The van der Waals surface area contributed by atoms with Gasteiger partial charge in [-0.3, -0.25) is 0 Å². The van der Waals surface area contributed by atoms with E-state index in [4.69, 9.17) is 17.3 Å². The van der Waals surface area contributed by atoms with E-state index < -0.39 is 0 Å². The van der Waals surface area contributed by atoms with Crippen LogP contribution in [0.15, 0.2) is 42.0 Å². The minimum absolute atomic E-state index is 0.470. The molecule has 0 bridgehead atoms. The van der Waals surface area contributed by atoms with E-state index in [9.17, 15) is 0 Å². The lowest BCUT2D eigenvalue weighted by atomic mass is 10.3. The predicted octanol–water partition coefficient (Wildman–Crippen LogP) is 3.29. The van der Waals surface area contributed by atoms with Crippen LogP contribution in [0.4, 0.5) is 5.82 Å². The summed E-state index contributed by atoms with van der Waals surface area (Å²) < 4.78 is 2.01. The van der Waals surface area contributed by atoms with Gasteiger partial charge in [0.2, 0.25) is 0 Å². The normalized spacial score (nSPS) is 10.8. The quantitative estimate of drug-likeness (QED) is 0.805. The second-order valence-electron chi connectivity index (χ2n) is 4.02. The van der Waals surface area contributed by atoms with Gasteiger partial charge in [-0.15, -0.1) is 11.3 Å². The number of rotatable bonds is 3. The van der Waals surface area contributed by atoms with E-state index in [0.29, 0.717) is 17.4 Å². The third-order valence-corrected chi connectivity index (χ3v) is 3.93. The van der Waals surface area contributed by atoms with E-state index >= 15 is 0 Å². The summed E-state index contributed by atoms with van der Waals surface area (Å²) in [6.45, 7) is 0.553. The van der Waals surface area contributed by atoms with Crippen LogP contribution in [0.2, 0.25) is 5.02 Å². The molecule has 4 nitrogen and oxygen atoms in total. The third kappa shape index (κ3) is 2.47. The molecule has 2 N–H and O–H groups in total. The number of nitrogen functional groups attached to an aromatic ring is 1. The number of halogens is 1. The molecule has 0 aliphatic heterocycles. The summed E-state index contributed by atoms with van der Waals surface area (Å²) in [5.74, 6) is 1.38. The highest BCUT2D eigenvalue weighted by Gasteiger charge is 2.10. The first-order valence-electron chi connectivity index (χ1n) is 5.70. The van der Waals surface area contributed by atoms with Crippen molar-refractivity contribution in [3.05, 3.63) is 52.8 Å². The van der Waals surface area contributed by atoms with Gasteiger partial charge in [-0.2, -0.15) is 0 Å². The van der Waals surface area contributed by atoms with Crippen molar-refractivity contribution in [1.82, 2.24) is 14.5 Å². The molecule has 0 aromatic carbocycles. The number of pyridine rings is 1. The predicted molar refractivity (Wildman–Crippen MR) is 78.3 cm³/mol. The molecule has 0 saturated heterocycles. The molecule has 6 heteroatoms. The summed E-state index contributed by atoms with van der Waals surface area (Å²) >= 11 is 7.79. The SMILES string of the molecule is Nc1ccc(Cl)c(Cn2ccnc2-c2cccs2)n1. The Balaban J connectivity index is 1.96. The zero-order chi connectivity index (χ0) is 13.2. The molecule has 0 aliphatic carbocycles. The zero-order valence-corrected chi connectivity index (χ0v) is 11.5. The molecular weight excluding hydrogens is 280 g/mol. The largest absolute Gasteiger partial charge is 0.384 e. The Morgan fingerprint density at radius 2 is 2.21 bits per heavy atom. The summed E-state index contributed by atoms with van der Waals surface area (Å²) in [6, 6.07) is 7.50. The first kappa shape index (κ1) is 12.2. The maximum Gasteiger partial charge on any atom is 0.150 e. The minimum atomic E-state index is 0.470. The van der Waals surface area contributed by atoms with Crippen molar-refractivity contribution in [2.75, 3.05) is 5.73 Å². The fourth-order valence-electron chi connectivity index (χ4n) is 1.84. The molecule has 0 aliphatic rings. The summed E-state index contributed by atoms with van der Waals surface area (Å²) in [5, 5.41) is 2.64. The maximum atomic E-state index is 6.14. The molecule has 0 saturated carbocycles. The minimum Gasteiger partial charge on any atom is -0.384 e. The molecule has 3 heterocycles. The molecule has 3 aromatic heterocycles. The van der Waals surface area contributed by atoms with Crippen LogP contribution in [-0.4, -0.2) is 14.5 Å². The molecule has 3 aromatic rings. The van der Waals surface area contributed by atoms with Crippen molar-refractivity contribution in [2.45, 2.75) is 6.54 Å². The number of nitrogens with two attached hydrogens (primary N) is 1. The van der Waals surface area contributed by atoms with Crippen molar-refractivity contribution in [3.63, 3.8) is 0 Å². The second kappa shape index (κ2) is 5.03. The first-order valence-corrected chi connectivity index (χ1v) is 6.96. The molecule has 0 radical (unpaired) electrons. The summed E-state index contributed by atoms with van der Waals surface area (Å²) in [7, 11) is 0. The average molecular weight is 291 g/mol. The second-order valence-corrected chi connectivity index (χ2v) is 5.38. The molecular formula is C13H11ClN4S. The number of aromatic nitrogens is 3. The standard InChI is InChI=1S/C13H11ClN4S/c14-9-3-4-12(15)17-10(9)8-18-6-5-16-13(18)11-2-1-7-19-11/h1-7H,8H2,(H2,15,17). The Labute approximate surface area is 119 Å². The molecule has 0 amide bonds. The zero-order valence-electron chi connectivity index (χ0n) is 9.95. The lowest BCUT2D eigenvalue weighted by Gasteiger charge is -2.08. The van der Waals surface area contributed by atoms with Crippen molar-refractivity contribution >= 4 is 28.8 Å². The van der Waals surface area contributed by atoms with Gasteiger partial charge in [0.05, 0.1) is 22.1 Å². The van der Waals surface area contributed by atoms with Crippen molar-refractivity contribution in [3.8, 4) is 10.7 Å². The maximum absolute atomic E-state index is 6.14. The van der Waals surface area contributed by atoms with Gasteiger partial charge in [0.15, 0.2) is 0 Å². The van der Waals surface area contributed by atoms with Crippen LogP contribution in [0.5, 0.6) is 0 Å². The summed E-state index contributed by atoms with van der Waals surface area (Å²) in [5.41, 5.74) is 6.44. The molecule has 0 atom stereocenters. The van der Waals surface area contributed by atoms with E-state index in [1.807, 2.05) is 28.3 Å². The average Bonchev–Trinajstić information content (AvgIpc) is 3.03. The number of nitrogens with zero attached hydrogens (tertiary/aromatic N) is 3. The van der Waals surface area contributed by atoms with Gasteiger partial charge in [-0.05, 0) is 23.6 Å². The van der Waals surface area contributed by atoms with Gasteiger partial charge in [0.25, 0.3) is 0 Å². The highest BCUT2D eigenvalue weighted by Crippen LogP contribution is 2.24. The van der Waals surface area contributed by atoms with Crippen LogP contribution >= 0.6 is 22.9 Å². The fourth-order valence-corrected chi connectivity index (χ4v) is 2.74. The molecule has 0 spiro atoms. The Kier molecular flexibility index (Phi) is 3.23. The molecule has 96 valence electrons. The smallest absolute Gasteiger partial charge is 0.150 e. The van der Waals surface area contributed by atoms with Gasteiger partial charge in [0.1, 0.15) is 11.6 Å². The van der Waals surface area contributed by atoms with E-state index in [2.05, 4.69) is 9.97 Å². The fraction of sp³-hybridized carbons (Fsp3) is 0.0769. The van der Waals surface area contributed by atoms with Crippen LogP contribution in [0, 0.1) is 0 Å². The number of thiophene rings is 1. The van der Waals surface area contributed by atoms with Crippen LogP contribution < -0.4 is 5.73 Å². The van der Waals surface area contributed by atoms with Gasteiger partial charge in [-0.1, -0.05) is 17.7 Å². The van der Waals surface area contributed by atoms with Gasteiger partial charge >= 0.3 is 0 Å². The number of anilines is 1. The Bertz CT molecular complexity index is 690. The third-order valence-electron chi connectivity index (χ3n) is 2.72. The lowest BCUT2D eigenvalue weighted by molar-refractivity contribution is 0.785.